The highest BCUT2D eigenvalue weighted by atomic mass is 32.1. The molecule has 60 heavy (non-hydrogen) atoms. The maximum atomic E-state index is 14.6. The van der Waals surface area contributed by atoms with Gasteiger partial charge in [0.2, 0.25) is 0 Å². The Hall–Kier alpha value is -6.89. The zero-order valence-electron chi connectivity index (χ0n) is 33.2. The van der Waals surface area contributed by atoms with Gasteiger partial charge >= 0.3 is 5.66 Å². The first-order valence-corrected chi connectivity index (χ1v) is 19.5. The van der Waals surface area contributed by atoms with Crippen LogP contribution in [-0.2, 0) is 4.79 Å². The third-order valence-electron chi connectivity index (χ3n) is 10.5. The van der Waals surface area contributed by atoms with E-state index in [0.29, 0.717) is 41.3 Å². The number of amides is 3. The molecule has 3 fully saturated rings. The zero-order valence-corrected chi connectivity index (χ0v) is 34.8. The number of aryl methyl sites for hydroxylation is 2. The van der Waals surface area contributed by atoms with Gasteiger partial charge in [-0.2, -0.15) is 4.99 Å². The van der Waals surface area contributed by atoms with Gasteiger partial charge in [0.05, 0.1) is 40.8 Å². The summed E-state index contributed by atoms with van der Waals surface area (Å²) in [7, 11) is 2.89. The molecule has 0 unspecified atom stereocenters. The number of halogens is 2. The van der Waals surface area contributed by atoms with E-state index in [1.165, 1.54) is 43.3 Å². The second-order valence-electron chi connectivity index (χ2n) is 14.2. The second-order valence-corrected chi connectivity index (χ2v) is 14.7. The average molecular weight is 844 g/mol. The van der Waals surface area contributed by atoms with Crippen LogP contribution in [0.25, 0.3) is 14.5 Å². The van der Waals surface area contributed by atoms with Gasteiger partial charge in [-0.3, -0.25) is 24.1 Å². The van der Waals surface area contributed by atoms with Crippen LogP contribution < -0.4 is 25.8 Å². The molecule has 0 aromatic heterocycles. The first-order chi connectivity index (χ1) is 28.7. The van der Waals surface area contributed by atoms with E-state index in [2.05, 4.69) is 52.9 Å². The lowest BCUT2D eigenvalue weighted by Gasteiger charge is -2.43. The van der Waals surface area contributed by atoms with E-state index in [1.54, 1.807) is 53.4 Å². The van der Waals surface area contributed by atoms with Gasteiger partial charge in [-0.15, -0.1) is 0 Å². The summed E-state index contributed by atoms with van der Waals surface area (Å²) in [6.07, 6.45) is 4.65. The lowest BCUT2D eigenvalue weighted by molar-refractivity contribution is -0.123. The smallest absolute Gasteiger partial charge is 0.305 e. The largest absolute Gasteiger partial charge is 0.355 e. The fourth-order valence-corrected chi connectivity index (χ4v) is 7.52. The van der Waals surface area contributed by atoms with Gasteiger partial charge in [0.15, 0.2) is 16.5 Å². The summed E-state index contributed by atoms with van der Waals surface area (Å²) >= 11 is 10.2. The molecular weight excluding hydrogens is 805 g/mol. The van der Waals surface area contributed by atoms with Crippen LogP contribution in [0.1, 0.15) is 70.4 Å². The van der Waals surface area contributed by atoms with Crippen molar-refractivity contribution in [3.63, 3.8) is 0 Å². The van der Waals surface area contributed by atoms with Crippen LogP contribution in [0, 0.1) is 45.2 Å². The summed E-state index contributed by atoms with van der Waals surface area (Å²) in [6, 6.07) is 18.9. The molecule has 1 aliphatic heterocycles. The van der Waals surface area contributed by atoms with E-state index in [4.69, 9.17) is 31.9 Å². The molecule has 1 heterocycles. The summed E-state index contributed by atoms with van der Waals surface area (Å²) in [5.41, 5.74) is 3.70. The van der Waals surface area contributed by atoms with Crippen molar-refractivity contribution in [2.45, 2.75) is 63.6 Å². The van der Waals surface area contributed by atoms with Crippen molar-refractivity contribution in [2.24, 2.45) is 4.99 Å². The van der Waals surface area contributed by atoms with Crippen molar-refractivity contribution in [1.82, 2.24) is 10.6 Å². The third-order valence-corrected chi connectivity index (χ3v) is 11.0. The van der Waals surface area contributed by atoms with E-state index in [0.717, 1.165) is 42.5 Å². The Labute approximate surface area is 357 Å². The number of hydrogen-bond acceptors (Lipinski definition) is 7. The number of anilines is 3. The molecule has 2 aliphatic carbocycles. The highest BCUT2D eigenvalue weighted by Gasteiger charge is 2.59. The first-order valence-electron chi connectivity index (χ1n) is 18.6. The molecule has 7 rings (SSSR count). The lowest BCUT2D eigenvalue weighted by atomic mass is 9.75. The molecule has 2 saturated carbocycles. The molecule has 4 aromatic carbocycles. The Bertz CT molecular complexity index is 2560. The minimum atomic E-state index is -0.844. The summed E-state index contributed by atoms with van der Waals surface area (Å²) < 4.78 is 28.4. The Morgan fingerprint density at radius 3 is 1.82 bits per heavy atom. The van der Waals surface area contributed by atoms with E-state index < -0.39 is 34.7 Å². The molecule has 1 spiro atoms. The Balaban J connectivity index is 0.000000192. The fourth-order valence-electron chi connectivity index (χ4n) is 6.96. The molecule has 0 bridgehead atoms. The molecular formula is C44H39F2N9O3S2. The molecule has 16 heteroatoms. The number of rotatable bonds is 7. The number of isothiocyanates is 1. The lowest BCUT2D eigenvalue weighted by Crippen LogP contribution is -2.55. The van der Waals surface area contributed by atoms with Crippen LogP contribution in [0.2, 0.25) is 0 Å². The highest BCUT2D eigenvalue weighted by molar-refractivity contribution is 7.81. The van der Waals surface area contributed by atoms with Crippen LogP contribution in [0.5, 0.6) is 0 Å². The average Bonchev–Trinajstić information content (AvgIpc) is 3.45. The fraction of sp³-hybridized carbons (Fsp3) is 0.273. The first kappa shape index (κ1) is 44.2. The maximum absolute atomic E-state index is 14.6. The van der Waals surface area contributed by atoms with Gasteiger partial charge in [-0.25, -0.2) is 25.0 Å². The SMILES string of the molecule is [C-]#[N+]C1(Nc2ccc(C(=O)NC)c(F)c2)CCC1.[C-]#[N+]c1ccc(N2C(=O)C3(CCC3)N(c3ccc(C(=O)NC)c(F)c3)C2=S)c(C)c1.[C-]#[N+]c1ccc(N=C=S)c(C)c1. The summed E-state index contributed by atoms with van der Waals surface area (Å²) in [4.78, 5) is 54.0. The maximum Gasteiger partial charge on any atom is 0.305 e. The van der Waals surface area contributed by atoms with E-state index in [9.17, 15) is 23.2 Å². The van der Waals surface area contributed by atoms with Gasteiger partial charge in [0, 0.05) is 38.3 Å². The predicted octanol–water partition coefficient (Wildman–Crippen LogP) is 9.78. The Morgan fingerprint density at radius 2 is 1.37 bits per heavy atom. The number of benzene rings is 4. The third kappa shape index (κ3) is 8.90. The van der Waals surface area contributed by atoms with Crippen molar-refractivity contribution in [2.75, 3.05) is 29.2 Å². The summed E-state index contributed by atoms with van der Waals surface area (Å²) in [5, 5.41) is 10.4. The van der Waals surface area contributed by atoms with Crippen LogP contribution in [0.15, 0.2) is 77.8 Å². The molecule has 0 radical (unpaired) electrons. The van der Waals surface area contributed by atoms with Gasteiger partial charge in [-0.1, -0.05) is 24.3 Å². The van der Waals surface area contributed by atoms with Crippen molar-refractivity contribution in [3.8, 4) is 0 Å². The molecule has 304 valence electrons. The summed E-state index contributed by atoms with van der Waals surface area (Å²) in [6.45, 7) is 24.8. The predicted molar refractivity (Wildman–Crippen MR) is 235 cm³/mol. The molecule has 3 aliphatic rings. The number of nitrogens with one attached hydrogen (secondary N) is 3. The highest BCUT2D eigenvalue weighted by Crippen LogP contribution is 2.48. The van der Waals surface area contributed by atoms with Gasteiger partial charge < -0.3 is 20.9 Å². The molecule has 0 atom stereocenters. The molecule has 1 saturated heterocycles. The molecule has 3 amide bonds. The van der Waals surface area contributed by atoms with E-state index in [1.807, 2.05) is 13.8 Å². The van der Waals surface area contributed by atoms with Gasteiger partial charge in [-0.05, 0) is 124 Å². The van der Waals surface area contributed by atoms with E-state index in [-0.39, 0.29) is 22.1 Å². The van der Waals surface area contributed by atoms with Crippen molar-refractivity contribution in [1.29, 1.82) is 0 Å². The second kappa shape index (κ2) is 18.8. The molecule has 4 aromatic rings. The monoisotopic (exact) mass is 843 g/mol. The van der Waals surface area contributed by atoms with Crippen LogP contribution in [-0.4, -0.2) is 53.3 Å². The molecule has 3 N–H and O–H groups in total. The van der Waals surface area contributed by atoms with E-state index >= 15 is 0 Å². The number of aliphatic imine (C=N–C) groups is 1. The zero-order chi connectivity index (χ0) is 43.8. The quantitative estimate of drug-likeness (QED) is 0.0964. The minimum absolute atomic E-state index is 0.00789. The van der Waals surface area contributed by atoms with Crippen molar-refractivity contribution in [3.05, 3.63) is 141 Å². The summed E-state index contributed by atoms with van der Waals surface area (Å²) in [5.74, 6) is -2.38. The topological polar surface area (TPSA) is 119 Å². The number of carbonyl (C=O) groups excluding carboxylic acids is 3. The van der Waals surface area contributed by atoms with Crippen LogP contribution in [0.3, 0.4) is 0 Å². The number of nitrogens with zero attached hydrogens (tertiary/aromatic N) is 6. The Kier molecular flexibility index (Phi) is 13.8. The minimum Gasteiger partial charge on any atom is -0.355 e. The number of hydrogen-bond donors (Lipinski definition) is 3. The van der Waals surface area contributed by atoms with Crippen molar-refractivity contribution < 1.29 is 23.2 Å². The number of carbonyl (C=O) groups is 3. The van der Waals surface area contributed by atoms with Crippen molar-refractivity contribution >= 4 is 86.6 Å². The number of thiocarbonyl (C=S) groups is 2. The van der Waals surface area contributed by atoms with Crippen LogP contribution >= 0.6 is 24.4 Å². The van der Waals surface area contributed by atoms with Gasteiger partial charge in [0.1, 0.15) is 17.2 Å². The normalized spacial score (nSPS) is 15.1. The molecule has 12 nitrogen and oxygen atoms in total. The Morgan fingerprint density at radius 1 is 0.800 bits per heavy atom. The van der Waals surface area contributed by atoms with Gasteiger partial charge in [0.25, 0.3) is 17.7 Å². The van der Waals surface area contributed by atoms with Crippen LogP contribution in [0.4, 0.5) is 42.9 Å². The standard InChI is InChI=1S/C22H19FN4O2S.C13H14FN3O.C9H6N2S/c1-13-11-14(24-2)5-8-18(13)26-20(29)22(9-4-10-22)27(21(26)30)15-6-7-16(17(23)12-15)19(28)25-3;1-15-12(18)10-5-4-9(8-11(10)14)17-13(16-2)6-3-7-13;1-7-5-8(10-2)3-4-9(7)11-6-12/h5-8,11-12H,4,9-10H2,1,3H3,(H,25,28);4-5,8,17H,3,6-7H2,1H3,(H,15,18);3-5H,1H3.